The molecule has 2 aromatic carbocycles. The van der Waals surface area contributed by atoms with E-state index in [9.17, 15) is 4.79 Å². The van der Waals surface area contributed by atoms with Crippen LogP contribution in [-0.4, -0.2) is 31.4 Å². The molecular weight excluding hydrogens is 394 g/mol. The van der Waals surface area contributed by atoms with E-state index in [1.165, 1.54) is 17.3 Å². The zero-order valence-electron chi connectivity index (χ0n) is 16.5. The minimum absolute atomic E-state index is 0.0663. The van der Waals surface area contributed by atoms with Crippen molar-refractivity contribution in [2.45, 2.75) is 18.6 Å². The molecule has 0 bridgehead atoms. The van der Waals surface area contributed by atoms with Gasteiger partial charge in [0, 0.05) is 30.2 Å². The highest BCUT2D eigenvalue weighted by molar-refractivity contribution is 7.99. The van der Waals surface area contributed by atoms with Crippen LogP contribution in [0.1, 0.15) is 11.1 Å². The highest BCUT2D eigenvalue weighted by Crippen LogP contribution is 2.28. The standard InChI is InChI=1S/C23H21N5OS/c1-17-9-11-19(12-10-17)22-26-27-23(28(22)20-7-3-2-4-8-20)30-16-21(29)25-15-18-6-5-13-24-14-18/h2-14H,15-16H2,1H3,(H,25,29). The molecule has 1 N–H and O–H groups in total. The Hall–Kier alpha value is -3.45. The fraction of sp³-hybridized carbons (Fsp3) is 0.130. The van der Waals surface area contributed by atoms with E-state index in [0.717, 1.165) is 22.6 Å². The number of nitrogens with one attached hydrogen (secondary N) is 1. The average molecular weight is 416 g/mol. The van der Waals surface area contributed by atoms with Crippen LogP contribution in [0, 0.1) is 6.92 Å². The summed E-state index contributed by atoms with van der Waals surface area (Å²) in [6.07, 6.45) is 3.45. The zero-order valence-corrected chi connectivity index (χ0v) is 17.3. The van der Waals surface area contributed by atoms with E-state index in [2.05, 4.69) is 39.6 Å². The number of hydrogen-bond donors (Lipinski definition) is 1. The smallest absolute Gasteiger partial charge is 0.230 e. The predicted octanol–water partition coefficient (Wildman–Crippen LogP) is 4.05. The first-order valence-electron chi connectivity index (χ1n) is 9.57. The SMILES string of the molecule is Cc1ccc(-c2nnc(SCC(=O)NCc3cccnc3)n2-c2ccccc2)cc1. The Kier molecular flexibility index (Phi) is 6.20. The summed E-state index contributed by atoms with van der Waals surface area (Å²) in [5.41, 5.74) is 4.08. The molecule has 1 amide bonds. The van der Waals surface area contributed by atoms with Gasteiger partial charge in [-0.25, -0.2) is 0 Å². The van der Waals surface area contributed by atoms with Gasteiger partial charge >= 0.3 is 0 Å². The summed E-state index contributed by atoms with van der Waals surface area (Å²) in [5.74, 6) is 0.932. The largest absolute Gasteiger partial charge is 0.351 e. The zero-order chi connectivity index (χ0) is 20.8. The van der Waals surface area contributed by atoms with Crippen LogP contribution in [-0.2, 0) is 11.3 Å². The Balaban J connectivity index is 1.53. The monoisotopic (exact) mass is 415 g/mol. The lowest BCUT2D eigenvalue weighted by Crippen LogP contribution is -2.24. The molecule has 150 valence electrons. The number of amides is 1. The normalized spacial score (nSPS) is 10.7. The van der Waals surface area contributed by atoms with Crippen molar-refractivity contribution in [1.82, 2.24) is 25.1 Å². The number of carbonyl (C=O) groups excluding carboxylic acids is 1. The molecule has 0 fully saturated rings. The van der Waals surface area contributed by atoms with Crippen molar-refractivity contribution in [2.24, 2.45) is 0 Å². The third-order valence-corrected chi connectivity index (χ3v) is 5.43. The second-order valence-corrected chi connectivity index (χ2v) is 7.71. The summed E-state index contributed by atoms with van der Waals surface area (Å²) in [6, 6.07) is 21.9. The number of aromatic nitrogens is 4. The van der Waals surface area contributed by atoms with Gasteiger partial charge in [-0.1, -0.05) is 65.9 Å². The molecule has 2 heterocycles. The third kappa shape index (κ3) is 4.75. The molecule has 4 rings (SSSR count). The topological polar surface area (TPSA) is 72.7 Å². The molecule has 0 saturated heterocycles. The van der Waals surface area contributed by atoms with Gasteiger partial charge in [0.1, 0.15) is 0 Å². The number of carbonyl (C=O) groups is 1. The van der Waals surface area contributed by atoms with Crippen LogP contribution in [0.15, 0.2) is 84.3 Å². The summed E-state index contributed by atoms with van der Waals surface area (Å²) >= 11 is 1.37. The Bertz CT molecular complexity index is 1110. The first-order chi connectivity index (χ1) is 14.7. The molecule has 4 aromatic rings. The highest BCUT2D eigenvalue weighted by atomic mass is 32.2. The lowest BCUT2D eigenvalue weighted by Gasteiger charge is -2.10. The minimum Gasteiger partial charge on any atom is -0.351 e. The van der Waals surface area contributed by atoms with Gasteiger partial charge in [0.25, 0.3) is 0 Å². The molecule has 2 aromatic heterocycles. The van der Waals surface area contributed by atoms with Gasteiger partial charge in [-0.05, 0) is 30.7 Å². The van der Waals surface area contributed by atoms with Crippen LogP contribution in [0.2, 0.25) is 0 Å². The van der Waals surface area contributed by atoms with Crippen molar-refractivity contribution >= 4 is 17.7 Å². The van der Waals surface area contributed by atoms with E-state index in [0.29, 0.717) is 11.7 Å². The summed E-state index contributed by atoms with van der Waals surface area (Å²) < 4.78 is 1.99. The molecule has 7 heteroatoms. The van der Waals surface area contributed by atoms with Crippen molar-refractivity contribution in [2.75, 3.05) is 5.75 Å². The van der Waals surface area contributed by atoms with Crippen molar-refractivity contribution in [3.05, 3.63) is 90.3 Å². The number of thioether (sulfide) groups is 1. The number of benzene rings is 2. The molecule has 6 nitrogen and oxygen atoms in total. The van der Waals surface area contributed by atoms with Crippen LogP contribution in [0.3, 0.4) is 0 Å². The van der Waals surface area contributed by atoms with E-state index in [1.54, 1.807) is 12.4 Å². The van der Waals surface area contributed by atoms with Gasteiger partial charge in [-0.2, -0.15) is 0 Å². The minimum atomic E-state index is -0.0663. The Morgan fingerprint density at radius 2 is 1.80 bits per heavy atom. The van der Waals surface area contributed by atoms with E-state index in [-0.39, 0.29) is 11.7 Å². The molecule has 30 heavy (non-hydrogen) atoms. The molecule has 0 radical (unpaired) electrons. The molecule has 0 aliphatic carbocycles. The third-order valence-electron chi connectivity index (χ3n) is 4.50. The molecule has 0 aliphatic heterocycles. The average Bonchev–Trinajstić information content (AvgIpc) is 3.22. The summed E-state index contributed by atoms with van der Waals surface area (Å²) in [6.45, 7) is 2.50. The number of hydrogen-bond acceptors (Lipinski definition) is 5. The number of para-hydroxylation sites is 1. The maximum absolute atomic E-state index is 12.3. The van der Waals surface area contributed by atoms with Crippen LogP contribution < -0.4 is 5.32 Å². The quantitative estimate of drug-likeness (QED) is 0.461. The van der Waals surface area contributed by atoms with E-state index < -0.39 is 0 Å². The predicted molar refractivity (Wildman–Crippen MR) is 118 cm³/mol. The van der Waals surface area contributed by atoms with Crippen molar-refractivity contribution in [3.63, 3.8) is 0 Å². The van der Waals surface area contributed by atoms with Crippen molar-refractivity contribution < 1.29 is 4.79 Å². The van der Waals surface area contributed by atoms with Crippen LogP contribution >= 0.6 is 11.8 Å². The van der Waals surface area contributed by atoms with Crippen LogP contribution in [0.5, 0.6) is 0 Å². The summed E-state index contributed by atoms with van der Waals surface area (Å²) in [5, 5.41) is 12.4. The first kappa shape index (κ1) is 19.8. The second kappa shape index (κ2) is 9.37. The fourth-order valence-electron chi connectivity index (χ4n) is 2.95. The van der Waals surface area contributed by atoms with Crippen LogP contribution in [0.25, 0.3) is 17.1 Å². The van der Waals surface area contributed by atoms with Crippen molar-refractivity contribution in [3.8, 4) is 17.1 Å². The molecule has 0 spiro atoms. The molecule has 0 atom stereocenters. The van der Waals surface area contributed by atoms with Gasteiger partial charge in [0.2, 0.25) is 5.91 Å². The lowest BCUT2D eigenvalue weighted by molar-refractivity contribution is -0.118. The Labute approximate surface area is 179 Å². The van der Waals surface area contributed by atoms with Gasteiger partial charge in [0.15, 0.2) is 11.0 Å². The maximum Gasteiger partial charge on any atom is 0.230 e. The number of rotatable bonds is 7. The second-order valence-electron chi connectivity index (χ2n) is 6.77. The number of aryl methyl sites for hydroxylation is 1. The molecular formula is C23H21N5OS. The Morgan fingerprint density at radius 3 is 2.53 bits per heavy atom. The van der Waals surface area contributed by atoms with Gasteiger partial charge in [-0.15, -0.1) is 10.2 Å². The van der Waals surface area contributed by atoms with E-state index >= 15 is 0 Å². The maximum atomic E-state index is 12.3. The van der Waals surface area contributed by atoms with E-state index in [1.807, 2.05) is 59.2 Å². The Morgan fingerprint density at radius 1 is 1.00 bits per heavy atom. The van der Waals surface area contributed by atoms with E-state index in [4.69, 9.17) is 0 Å². The summed E-state index contributed by atoms with van der Waals surface area (Å²) in [7, 11) is 0. The molecule has 0 saturated carbocycles. The fourth-order valence-corrected chi connectivity index (χ4v) is 3.73. The lowest BCUT2D eigenvalue weighted by atomic mass is 10.1. The molecule has 0 unspecified atom stereocenters. The van der Waals surface area contributed by atoms with Gasteiger partial charge < -0.3 is 5.32 Å². The van der Waals surface area contributed by atoms with Crippen molar-refractivity contribution in [1.29, 1.82) is 0 Å². The van der Waals surface area contributed by atoms with Crippen LogP contribution in [0.4, 0.5) is 0 Å². The molecule has 0 aliphatic rings. The summed E-state index contributed by atoms with van der Waals surface area (Å²) in [4.78, 5) is 16.4. The van der Waals surface area contributed by atoms with Gasteiger partial charge in [-0.3, -0.25) is 14.3 Å². The van der Waals surface area contributed by atoms with Gasteiger partial charge in [0.05, 0.1) is 5.75 Å². The number of nitrogens with zero attached hydrogens (tertiary/aromatic N) is 4. The highest BCUT2D eigenvalue weighted by Gasteiger charge is 2.17. The first-order valence-corrected chi connectivity index (χ1v) is 10.6. The number of pyridine rings is 1.